The van der Waals surface area contributed by atoms with Crippen LogP contribution in [0.1, 0.15) is 45.9 Å². The van der Waals surface area contributed by atoms with Gasteiger partial charge in [0.05, 0.1) is 18.7 Å². The zero-order valence-electron chi connectivity index (χ0n) is 28.5. The average Bonchev–Trinajstić information content (AvgIpc) is 3.57. The van der Waals surface area contributed by atoms with Crippen molar-refractivity contribution in [1.29, 1.82) is 0 Å². The van der Waals surface area contributed by atoms with E-state index in [2.05, 4.69) is 15.3 Å². The fourth-order valence-corrected chi connectivity index (χ4v) is 6.19. The molecule has 0 spiro atoms. The number of nitrogens with one attached hydrogen (secondary N) is 1. The summed E-state index contributed by atoms with van der Waals surface area (Å²) in [5, 5.41) is 15.8. The van der Waals surface area contributed by atoms with Gasteiger partial charge in [0.25, 0.3) is 5.91 Å². The summed E-state index contributed by atoms with van der Waals surface area (Å²) >= 11 is 0. The van der Waals surface area contributed by atoms with E-state index < -0.39 is 29.3 Å². The molecule has 9 nitrogen and oxygen atoms in total. The Balaban J connectivity index is 1.42. The lowest BCUT2D eigenvalue weighted by molar-refractivity contribution is -0.137. The summed E-state index contributed by atoms with van der Waals surface area (Å²) < 4.78 is 52.1. The molecule has 5 aromatic carbocycles. The standard InChI is InChI=1S/C41H36F3N5O4/c42-41(43,44)35-19-11-28(12-20-35)26-46-39(51)40(25-33-9-4-5-10-34(33)27-47-49-45)37(31-15-13-30(14-16-31)29-7-2-1-3-8-29)53-38(48-40)32-17-21-36(22-18-32)52-24-6-23-50/h1-5,7-22,37,50H,6,23-27H2,(H,46,51)/t37-,40-/m1/s1. The number of hydrogen-bond acceptors (Lipinski definition) is 6. The molecule has 1 heterocycles. The first-order valence-corrected chi connectivity index (χ1v) is 17.0. The number of carbonyl (C=O) groups is 1. The summed E-state index contributed by atoms with van der Waals surface area (Å²) in [6.45, 7) is 0.322. The molecule has 6 rings (SSSR count). The van der Waals surface area contributed by atoms with Crippen molar-refractivity contribution in [3.8, 4) is 16.9 Å². The van der Waals surface area contributed by atoms with Gasteiger partial charge in [-0.3, -0.25) is 4.79 Å². The zero-order valence-corrected chi connectivity index (χ0v) is 28.5. The predicted octanol–water partition coefficient (Wildman–Crippen LogP) is 8.76. The molecule has 1 amide bonds. The van der Waals surface area contributed by atoms with Gasteiger partial charge in [0.15, 0.2) is 11.6 Å². The van der Waals surface area contributed by atoms with E-state index in [4.69, 9.17) is 25.1 Å². The lowest BCUT2D eigenvalue weighted by Crippen LogP contribution is -2.49. The van der Waals surface area contributed by atoms with Crippen LogP contribution in [0, 0.1) is 0 Å². The third kappa shape index (κ3) is 8.69. The lowest BCUT2D eigenvalue weighted by Gasteiger charge is -2.31. The fourth-order valence-electron chi connectivity index (χ4n) is 6.19. The van der Waals surface area contributed by atoms with Crippen LogP contribution < -0.4 is 10.1 Å². The van der Waals surface area contributed by atoms with Gasteiger partial charge in [-0.2, -0.15) is 13.2 Å². The van der Waals surface area contributed by atoms with Gasteiger partial charge in [0.2, 0.25) is 5.90 Å². The first kappa shape index (κ1) is 36.7. The Morgan fingerprint density at radius 3 is 2.17 bits per heavy atom. The zero-order chi connectivity index (χ0) is 37.3. The number of halogens is 3. The van der Waals surface area contributed by atoms with E-state index in [0.29, 0.717) is 46.6 Å². The first-order valence-electron chi connectivity index (χ1n) is 17.0. The normalized spacial score (nSPS) is 16.6. The Hall–Kier alpha value is -6.10. The van der Waals surface area contributed by atoms with Crippen LogP contribution in [0.15, 0.2) is 138 Å². The number of aliphatic hydroxyl groups is 1. The smallest absolute Gasteiger partial charge is 0.416 e. The van der Waals surface area contributed by atoms with Crippen LogP contribution in [0.2, 0.25) is 0 Å². The van der Waals surface area contributed by atoms with Crippen LogP contribution in [0.5, 0.6) is 5.75 Å². The van der Waals surface area contributed by atoms with Crippen molar-refractivity contribution in [1.82, 2.24) is 5.32 Å². The van der Waals surface area contributed by atoms with E-state index in [1.807, 2.05) is 78.9 Å². The molecule has 0 aliphatic carbocycles. The number of nitrogens with zero attached hydrogens (tertiary/aromatic N) is 4. The van der Waals surface area contributed by atoms with Crippen LogP contribution >= 0.6 is 0 Å². The quantitative estimate of drug-likeness (QED) is 0.0515. The summed E-state index contributed by atoms with van der Waals surface area (Å²) in [6, 6.07) is 36.5. The summed E-state index contributed by atoms with van der Waals surface area (Å²) in [5.74, 6) is 0.287. The second kappa shape index (κ2) is 16.5. The fraction of sp³-hybridized carbons (Fsp3) is 0.220. The topological polar surface area (TPSA) is 129 Å². The number of amides is 1. The number of hydrogen-bond donors (Lipinski definition) is 2. The minimum atomic E-state index is -4.49. The summed E-state index contributed by atoms with van der Waals surface area (Å²) in [5.41, 5.74) is 11.8. The second-order valence-corrected chi connectivity index (χ2v) is 12.5. The van der Waals surface area contributed by atoms with E-state index in [1.54, 1.807) is 24.3 Å². The number of rotatable bonds is 14. The van der Waals surface area contributed by atoms with Crippen molar-refractivity contribution >= 4 is 11.8 Å². The molecule has 0 saturated heterocycles. The molecule has 0 aromatic heterocycles. The van der Waals surface area contributed by atoms with Gasteiger partial charge in [-0.1, -0.05) is 96.1 Å². The van der Waals surface area contributed by atoms with Crippen molar-refractivity contribution in [3.63, 3.8) is 0 Å². The number of azide groups is 1. The number of alkyl halides is 3. The molecule has 270 valence electrons. The maximum Gasteiger partial charge on any atom is 0.416 e. The molecule has 1 aliphatic heterocycles. The second-order valence-electron chi connectivity index (χ2n) is 12.5. The third-order valence-electron chi connectivity index (χ3n) is 8.97. The van der Waals surface area contributed by atoms with Gasteiger partial charge in [0, 0.05) is 36.5 Å². The summed E-state index contributed by atoms with van der Waals surface area (Å²) in [7, 11) is 0. The first-order chi connectivity index (χ1) is 25.7. The van der Waals surface area contributed by atoms with E-state index >= 15 is 0 Å². The maximum absolute atomic E-state index is 14.7. The molecule has 1 aliphatic rings. The van der Waals surface area contributed by atoms with Gasteiger partial charge < -0.3 is 19.9 Å². The number of carbonyl (C=O) groups excluding carboxylic acids is 1. The molecule has 0 fully saturated rings. The highest BCUT2D eigenvalue weighted by Crippen LogP contribution is 2.43. The number of ether oxygens (including phenoxy) is 2. The Morgan fingerprint density at radius 2 is 1.51 bits per heavy atom. The number of aliphatic hydroxyl groups excluding tert-OH is 1. The Bertz CT molecular complexity index is 2080. The molecule has 5 aromatic rings. The Labute approximate surface area is 304 Å². The van der Waals surface area contributed by atoms with E-state index in [1.165, 1.54) is 12.1 Å². The van der Waals surface area contributed by atoms with Gasteiger partial charge in [-0.05, 0) is 75.3 Å². The van der Waals surface area contributed by atoms with Crippen LogP contribution in [0.3, 0.4) is 0 Å². The van der Waals surface area contributed by atoms with Gasteiger partial charge in [-0.15, -0.1) is 0 Å². The monoisotopic (exact) mass is 719 g/mol. The molecule has 0 radical (unpaired) electrons. The highest BCUT2D eigenvalue weighted by Gasteiger charge is 2.53. The van der Waals surface area contributed by atoms with Crippen molar-refractivity contribution in [3.05, 3.63) is 171 Å². The highest BCUT2D eigenvalue weighted by atomic mass is 19.4. The number of benzene rings is 5. The molecule has 0 bridgehead atoms. The van der Waals surface area contributed by atoms with Crippen LogP contribution in [-0.4, -0.2) is 35.7 Å². The molecular weight excluding hydrogens is 683 g/mol. The predicted molar refractivity (Wildman–Crippen MR) is 195 cm³/mol. The molecular formula is C41H36F3N5O4. The molecule has 0 unspecified atom stereocenters. The lowest BCUT2D eigenvalue weighted by atomic mass is 9.80. The van der Waals surface area contributed by atoms with Gasteiger partial charge in [0.1, 0.15) is 5.75 Å². The Kier molecular flexibility index (Phi) is 11.4. The van der Waals surface area contributed by atoms with Crippen molar-refractivity contribution < 1.29 is 32.5 Å². The average molecular weight is 720 g/mol. The molecule has 12 heteroatoms. The van der Waals surface area contributed by atoms with E-state index in [9.17, 15) is 18.0 Å². The molecule has 2 atom stereocenters. The van der Waals surface area contributed by atoms with Gasteiger partial charge in [-0.25, -0.2) is 4.99 Å². The minimum absolute atomic E-state index is 0.00541. The largest absolute Gasteiger partial charge is 0.494 e. The van der Waals surface area contributed by atoms with Crippen LogP contribution in [0.25, 0.3) is 21.6 Å². The van der Waals surface area contributed by atoms with Gasteiger partial charge >= 0.3 is 6.18 Å². The van der Waals surface area contributed by atoms with Crippen molar-refractivity contribution in [2.45, 2.75) is 43.8 Å². The number of aliphatic imine (C=N–C) groups is 1. The molecule has 0 saturated carbocycles. The molecule has 2 N–H and O–H groups in total. The third-order valence-corrected chi connectivity index (χ3v) is 8.97. The summed E-state index contributed by atoms with van der Waals surface area (Å²) in [4.78, 5) is 22.7. The Morgan fingerprint density at radius 1 is 0.868 bits per heavy atom. The van der Waals surface area contributed by atoms with Crippen molar-refractivity contribution in [2.24, 2.45) is 10.1 Å². The highest BCUT2D eigenvalue weighted by molar-refractivity contribution is 6.01. The van der Waals surface area contributed by atoms with Crippen molar-refractivity contribution in [2.75, 3.05) is 13.2 Å². The molecule has 53 heavy (non-hydrogen) atoms. The maximum atomic E-state index is 14.7. The van der Waals surface area contributed by atoms with Crippen LogP contribution in [-0.2, 0) is 35.2 Å². The SMILES string of the molecule is [N-]=[N+]=NCc1ccccc1C[C@@]1(C(=O)NCc2ccc(C(F)(F)F)cc2)N=C(c2ccc(OCCCO)cc2)O[C@@H]1c1ccc(-c2ccccc2)cc1. The van der Waals surface area contributed by atoms with Crippen LogP contribution in [0.4, 0.5) is 13.2 Å². The van der Waals surface area contributed by atoms with E-state index in [-0.39, 0.29) is 32.0 Å². The minimum Gasteiger partial charge on any atom is -0.494 e. The van der Waals surface area contributed by atoms with E-state index in [0.717, 1.165) is 23.3 Å². The summed E-state index contributed by atoms with van der Waals surface area (Å²) in [6.07, 6.45) is -4.91.